The van der Waals surface area contributed by atoms with Crippen molar-refractivity contribution in [2.24, 2.45) is 0 Å². The lowest BCUT2D eigenvalue weighted by molar-refractivity contribution is -0.388. The Balaban J connectivity index is 1.82. The first kappa shape index (κ1) is 22.9. The molecule has 3 rings (SSSR count). The van der Waals surface area contributed by atoms with Crippen LogP contribution in [0.1, 0.15) is 13.8 Å². The standard InChI is InChI=1S/C18H19N5O5S3/c1-11(2)22-31(26,27)14-7-8-16(15(10-14)23(24)25)29-18-21-20-17(30-18)19-12-5-4-6-13(9-12)28-3/h4-11,22H,1-3H3,(H,19,20). The number of methoxy groups -OCH3 is 1. The van der Waals surface area contributed by atoms with Gasteiger partial charge in [-0.2, -0.15) is 0 Å². The molecule has 1 aromatic heterocycles. The minimum absolute atomic E-state index is 0.171. The van der Waals surface area contributed by atoms with E-state index in [0.717, 1.165) is 23.5 Å². The third-order valence-corrected chi connectivity index (χ3v) is 7.36. The fourth-order valence-electron chi connectivity index (χ4n) is 2.49. The third-order valence-electron chi connectivity index (χ3n) is 3.75. The van der Waals surface area contributed by atoms with Crippen molar-refractivity contribution in [3.05, 3.63) is 52.6 Å². The highest BCUT2D eigenvalue weighted by atomic mass is 32.2. The highest BCUT2D eigenvalue weighted by Crippen LogP contribution is 2.38. The van der Waals surface area contributed by atoms with Gasteiger partial charge < -0.3 is 10.1 Å². The van der Waals surface area contributed by atoms with Crippen LogP contribution in [0.3, 0.4) is 0 Å². The van der Waals surface area contributed by atoms with Crippen LogP contribution in [0.5, 0.6) is 5.75 Å². The molecule has 0 aliphatic heterocycles. The Labute approximate surface area is 187 Å². The van der Waals surface area contributed by atoms with E-state index >= 15 is 0 Å². The monoisotopic (exact) mass is 481 g/mol. The van der Waals surface area contributed by atoms with Crippen LogP contribution in [0, 0.1) is 10.1 Å². The molecule has 0 atom stereocenters. The van der Waals surface area contributed by atoms with Crippen molar-refractivity contribution in [3.8, 4) is 5.75 Å². The molecule has 31 heavy (non-hydrogen) atoms. The number of aromatic nitrogens is 2. The number of nitro benzene ring substituents is 1. The molecule has 1 heterocycles. The Morgan fingerprint density at radius 3 is 2.65 bits per heavy atom. The first-order chi connectivity index (χ1) is 14.7. The van der Waals surface area contributed by atoms with Crippen LogP contribution in [0.25, 0.3) is 0 Å². The number of anilines is 2. The molecule has 13 heteroatoms. The van der Waals surface area contributed by atoms with Gasteiger partial charge in [0.05, 0.1) is 21.8 Å². The van der Waals surface area contributed by atoms with E-state index in [9.17, 15) is 18.5 Å². The SMILES string of the molecule is COc1cccc(Nc2nnc(Sc3ccc(S(=O)(=O)NC(C)C)cc3[N+](=O)[O-])s2)c1. The van der Waals surface area contributed by atoms with Crippen molar-refractivity contribution in [3.63, 3.8) is 0 Å². The number of nitrogens with one attached hydrogen (secondary N) is 2. The molecule has 0 bridgehead atoms. The second kappa shape index (κ2) is 9.60. The fraction of sp³-hybridized carbons (Fsp3) is 0.222. The minimum atomic E-state index is -3.85. The van der Waals surface area contributed by atoms with Gasteiger partial charge in [-0.1, -0.05) is 17.4 Å². The summed E-state index contributed by atoms with van der Waals surface area (Å²) in [6, 6.07) is 10.7. The highest BCUT2D eigenvalue weighted by molar-refractivity contribution is 8.01. The topological polar surface area (TPSA) is 136 Å². The van der Waals surface area contributed by atoms with E-state index in [2.05, 4.69) is 20.2 Å². The number of nitro groups is 1. The van der Waals surface area contributed by atoms with E-state index in [-0.39, 0.29) is 21.5 Å². The van der Waals surface area contributed by atoms with E-state index in [0.29, 0.717) is 15.2 Å². The molecule has 3 aromatic rings. The molecule has 2 N–H and O–H groups in total. The highest BCUT2D eigenvalue weighted by Gasteiger charge is 2.23. The molecule has 10 nitrogen and oxygen atoms in total. The smallest absolute Gasteiger partial charge is 0.284 e. The van der Waals surface area contributed by atoms with Crippen molar-refractivity contribution in [1.29, 1.82) is 0 Å². The lowest BCUT2D eigenvalue weighted by Crippen LogP contribution is -2.30. The Morgan fingerprint density at radius 2 is 1.97 bits per heavy atom. The summed E-state index contributed by atoms with van der Waals surface area (Å²) in [5, 5.41) is 23.2. The minimum Gasteiger partial charge on any atom is -0.497 e. The van der Waals surface area contributed by atoms with E-state index < -0.39 is 14.9 Å². The molecule has 0 fully saturated rings. The molecule has 2 aromatic carbocycles. The molecule has 0 saturated heterocycles. The van der Waals surface area contributed by atoms with Crippen LogP contribution in [0.15, 0.2) is 56.6 Å². The summed E-state index contributed by atoms with van der Waals surface area (Å²) in [5.41, 5.74) is 0.430. The normalized spacial score (nSPS) is 11.5. The molecule has 0 aliphatic rings. The van der Waals surface area contributed by atoms with E-state index in [4.69, 9.17) is 4.74 Å². The summed E-state index contributed by atoms with van der Waals surface area (Å²) in [7, 11) is -2.28. The van der Waals surface area contributed by atoms with Crippen molar-refractivity contribution >= 4 is 49.6 Å². The van der Waals surface area contributed by atoms with Crippen molar-refractivity contribution < 1.29 is 18.1 Å². The van der Waals surface area contributed by atoms with Gasteiger partial charge in [0.25, 0.3) is 5.69 Å². The first-order valence-corrected chi connectivity index (χ1v) is 12.0. The summed E-state index contributed by atoms with van der Waals surface area (Å²) < 4.78 is 32.7. The second-order valence-electron chi connectivity index (χ2n) is 6.49. The molecule has 0 saturated carbocycles. The Bertz CT molecular complexity index is 1200. The average molecular weight is 482 g/mol. The van der Waals surface area contributed by atoms with Gasteiger partial charge in [0, 0.05) is 23.9 Å². The van der Waals surface area contributed by atoms with Crippen LogP contribution in [0.4, 0.5) is 16.5 Å². The van der Waals surface area contributed by atoms with E-state index in [1.807, 2.05) is 18.2 Å². The van der Waals surface area contributed by atoms with Gasteiger partial charge in [0.15, 0.2) is 4.34 Å². The summed E-state index contributed by atoms with van der Waals surface area (Å²) in [6.45, 7) is 3.34. The van der Waals surface area contributed by atoms with Crippen LogP contribution >= 0.6 is 23.1 Å². The van der Waals surface area contributed by atoms with Crippen molar-refractivity contribution in [1.82, 2.24) is 14.9 Å². The quantitative estimate of drug-likeness (QED) is 0.343. The van der Waals surface area contributed by atoms with Gasteiger partial charge >= 0.3 is 0 Å². The fourth-order valence-corrected chi connectivity index (χ4v) is 5.58. The molecule has 0 spiro atoms. The molecule has 0 amide bonds. The maximum atomic E-state index is 12.3. The van der Waals surface area contributed by atoms with E-state index in [1.165, 1.54) is 23.5 Å². The maximum Gasteiger partial charge on any atom is 0.284 e. The largest absolute Gasteiger partial charge is 0.497 e. The zero-order chi connectivity index (χ0) is 22.6. The molecular formula is C18H19N5O5S3. The first-order valence-electron chi connectivity index (χ1n) is 8.91. The van der Waals surface area contributed by atoms with Gasteiger partial charge in [0.2, 0.25) is 15.2 Å². The van der Waals surface area contributed by atoms with Crippen LogP contribution in [-0.4, -0.2) is 36.7 Å². The van der Waals surface area contributed by atoms with Crippen LogP contribution < -0.4 is 14.8 Å². The predicted molar refractivity (Wildman–Crippen MR) is 119 cm³/mol. The number of benzene rings is 2. The second-order valence-corrected chi connectivity index (χ2v) is 10.5. The van der Waals surface area contributed by atoms with Gasteiger partial charge in [-0.15, -0.1) is 10.2 Å². The van der Waals surface area contributed by atoms with Gasteiger partial charge in [-0.05, 0) is 49.9 Å². The maximum absolute atomic E-state index is 12.3. The van der Waals surface area contributed by atoms with E-state index in [1.54, 1.807) is 27.0 Å². The summed E-state index contributed by atoms with van der Waals surface area (Å²) >= 11 is 2.25. The number of nitrogens with zero attached hydrogens (tertiary/aromatic N) is 3. The van der Waals surface area contributed by atoms with Crippen molar-refractivity contribution in [2.45, 2.75) is 34.0 Å². The average Bonchev–Trinajstić information content (AvgIpc) is 3.13. The van der Waals surface area contributed by atoms with Crippen LogP contribution in [-0.2, 0) is 10.0 Å². The predicted octanol–water partition coefficient (Wildman–Crippen LogP) is 4.04. The number of rotatable bonds is 9. The zero-order valence-corrected chi connectivity index (χ0v) is 19.2. The molecule has 164 valence electrons. The summed E-state index contributed by atoms with van der Waals surface area (Å²) in [4.78, 5) is 11.0. The molecule has 0 radical (unpaired) electrons. The molecule has 0 aliphatic carbocycles. The number of sulfonamides is 1. The molecular weight excluding hydrogens is 462 g/mol. The van der Waals surface area contributed by atoms with Gasteiger partial charge in [-0.3, -0.25) is 10.1 Å². The number of hydrogen-bond donors (Lipinski definition) is 2. The lowest BCUT2D eigenvalue weighted by atomic mass is 10.3. The van der Waals surface area contributed by atoms with Gasteiger partial charge in [-0.25, -0.2) is 13.1 Å². The number of ether oxygens (including phenoxy) is 1. The Kier molecular flexibility index (Phi) is 7.10. The van der Waals surface area contributed by atoms with Crippen molar-refractivity contribution in [2.75, 3.05) is 12.4 Å². The Morgan fingerprint density at radius 1 is 1.19 bits per heavy atom. The molecule has 0 unspecified atom stereocenters. The third kappa shape index (κ3) is 5.91. The zero-order valence-electron chi connectivity index (χ0n) is 16.7. The summed E-state index contributed by atoms with van der Waals surface area (Å²) in [6.07, 6.45) is 0. The van der Waals surface area contributed by atoms with Crippen LogP contribution in [0.2, 0.25) is 0 Å². The lowest BCUT2D eigenvalue weighted by Gasteiger charge is -2.10. The summed E-state index contributed by atoms with van der Waals surface area (Å²) in [5.74, 6) is 0.682. The Hall–Kier alpha value is -2.74. The van der Waals surface area contributed by atoms with Gasteiger partial charge in [0.1, 0.15) is 5.75 Å². The number of hydrogen-bond acceptors (Lipinski definition) is 10.